The number of hydrogen-bond acceptors (Lipinski definition) is 5. The van der Waals surface area contributed by atoms with Crippen LogP contribution in [-0.4, -0.2) is 23.3 Å². The zero-order valence-corrected chi connectivity index (χ0v) is 14.8. The highest BCUT2D eigenvalue weighted by atomic mass is 16.6. The second-order valence-electron chi connectivity index (χ2n) is 6.33. The maximum Gasteiger partial charge on any atom is 0.317 e. The van der Waals surface area contributed by atoms with Crippen molar-refractivity contribution >= 4 is 23.0 Å². The van der Waals surface area contributed by atoms with E-state index in [9.17, 15) is 19.7 Å². The number of ketones is 1. The third-order valence-corrected chi connectivity index (χ3v) is 4.66. The molecule has 0 bridgehead atoms. The number of nitro groups is 1. The lowest BCUT2D eigenvalue weighted by Gasteiger charge is -2.29. The highest BCUT2D eigenvalue weighted by Crippen LogP contribution is 2.41. The minimum absolute atomic E-state index is 0.0710. The van der Waals surface area contributed by atoms with E-state index in [0.29, 0.717) is 12.0 Å². The minimum atomic E-state index is -1.00. The number of benzene rings is 2. The Morgan fingerprint density at radius 3 is 2.59 bits per heavy atom. The van der Waals surface area contributed by atoms with Crippen LogP contribution in [0.15, 0.2) is 60.7 Å². The number of nitrogens with zero attached hydrogens (tertiary/aromatic N) is 1. The van der Waals surface area contributed by atoms with E-state index in [4.69, 9.17) is 4.74 Å². The van der Waals surface area contributed by atoms with Gasteiger partial charge in [-0.15, -0.1) is 0 Å². The van der Waals surface area contributed by atoms with Gasteiger partial charge in [-0.2, -0.15) is 0 Å². The average molecular weight is 365 g/mol. The van der Waals surface area contributed by atoms with Crippen LogP contribution in [0.5, 0.6) is 0 Å². The lowest BCUT2D eigenvalue weighted by molar-refractivity contribution is -0.384. The molecule has 27 heavy (non-hydrogen) atoms. The Hall–Kier alpha value is -3.28. The molecular weight excluding hydrogens is 346 g/mol. The third kappa shape index (κ3) is 3.95. The van der Waals surface area contributed by atoms with E-state index in [2.05, 4.69) is 0 Å². The van der Waals surface area contributed by atoms with Crippen molar-refractivity contribution in [1.82, 2.24) is 0 Å². The molecule has 2 aromatic rings. The summed E-state index contributed by atoms with van der Waals surface area (Å²) in [5.74, 6) is -2.45. The molecule has 0 heterocycles. The summed E-state index contributed by atoms with van der Waals surface area (Å²) in [6.07, 6.45) is 1.91. The van der Waals surface area contributed by atoms with E-state index in [1.54, 1.807) is 19.1 Å². The maximum absolute atomic E-state index is 12.8. The second-order valence-corrected chi connectivity index (χ2v) is 6.33. The molecule has 0 aromatic heterocycles. The summed E-state index contributed by atoms with van der Waals surface area (Å²) in [5, 5.41) is 11.1. The SMILES string of the molecule is CCOC(=O)[C@H]1C(=O)C=C(c2ccccc2)C[C@@H]1c1cccc([N+](=O)[O-])c1. The third-order valence-electron chi connectivity index (χ3n) is 4.66. The van der Waals surface area contributed by atoms with Crippen LogP contribution in [-0.2, 0) is 14.3 Å². The predicted octanol–water partition coefficient (Wildman–Crippen LogP) is 3.91. The Kier molecular flexibility index (Phi) is 5.45. The smallest absolute Gasteiger partial charge is 0.317 e. The molecule has 1 aliphatic carbocycles. The van der Waals surface area contributed by atoms with Gasteiger partial charge in [-0.3, -0.25) is 19.7 Å². The molecule has 0 N–H and O–H groups in total. The van der Waals surface area contributed by atoms with Gasteiger partial charge in [0.25, 0.3) is 5.69 Å². The lowest BCUT2D eigenvalue weighted by Crippen LogP contribution is -2.34. The first-order valence-corrected chi connectivity index (χ1v) is 8.72. The van der Waals surface area contributed by atoms with Crippen molar-refractivity contribution in [2.45, 2.75) is 19.3 Å². The van der Waals surface area contributed by atoms with Crippen LogP contribution in [0.1, 0.15) is 30.4 Å². The average Bonchev–Trinajstić information content (AvgIpc) is 2.68. The van der Waals surface area contributed by atoms with Crippen molar-refractivity contribution in [3.8, 4) is 0 Å². The van der Waals surface area contributed by atoms with Crippen LogP contribution < -0.4 is 0 Å². The number of hydrogen-bond donors (Lipinski definition) is 0. The molecule has 3 rings (SSSR count). The van der Waals surface area contributed by atoms with E-state index >= 15 is 0 Å². The van der Waals surface area contributed by atoms with Gasteiger partial charge in [0, 0.05) is 18.1 Å². The van der Waals surface area contributed by atoms with E-state index in [-0.39, 0.29) is 18.1 Å². The fourth-order valence-electron chi connectivity index (χ4n) is 3.42. The molecule has 6 nitrogen and oxygen atoms in total. The number of non-ortho nitro benzene ring substituents is 1. The van der Waals surface area contributed by atoms with Crippen LogP contribution in [0.25, 0.3) is 5.57 Å². The molecule has 0 saturated heterocycles. The molecule has 2 aromatic carbocycles. The van der Waals surface area contributed by atoms with Crippen molar-refractivity contribution < 1.29 is 19.2 Å². The van der Waals surface area contributed by atoms with Gasteiger partial charge in [-0.1, -0.05) is 42.5 Å². The molecule has 0 saturated carbocycles. The topological polar surface area (TPSA) is 86.5 Å². The Morgan fingerprint density at radius 2 is 1.93 bits per heavy atom. The minimum Gasteiger partial charge on any atom is -0.465 e. The van der Waals surface area contributed by atoms with Gasteiger partial charge in [0.05, 0.1) is 11.5 Å². The van der Waals surface area contributed by atoms with E-state index < -0.39 is 22.7 Å². The summed E-state index contributed by atoms with van der Waals surface area (Å²) in [5.41, 5.74) is 2.21. The summed E-state index contributed by atoms with van der Waals surface area (Å²) in [4.78, 5) is 35.9. The van der Waals surface area contributed by atoms with Crippen molar-refractivity contribution in [3.63, 3.8) is 0 Å². The van der Waals surface area contributed by atoms with Crippen LogP contribution in [0.2, 0.25) is 0 Å². The number of nitro benzene ring substituents is 1. The summed E-state index contributed by atoms with van der Waals surface area (Å²) in [6.45, 7) is 1.85. The van der Waals surface area contributed by atoms with Gasteiger partial charge in [-0.25, -0.2) is 0 Å². The number of rotatable bonds is 5. The molecule has 0 radical (unpaired) electrons. The molecule has 0 unspecified atom stereocenters. The standard InChI is InChI=1S/C21H19NO5/c1-2-27-21(24)20-18(15-9-6-10-17(11-15)22(25)26)12-16(13-19(20)23)14-7-4-3-5-8-14/h3-11,13,18,20H,2,12H2,1H3/t18-,20-/m1/s1. The highest BCUT2D eigenvalue weighted by Gasteiger charge is 2.40. The first kappa shape index (κ1) is 18.5. The fraction of sp³-hybridized carbons (Fsp3) is 0.238. The Bertz CT molecular complexity index is 904. The van der Waals surface area contributed by atoms with Crippen LogP contribution in [0, 0.1) is 16.0 Å². The van der Waals surface area contributed by atoms with Gasteiger partial charge < -0.3 is 4.74 Å². The molecule has 1 aliphatic rings. The van der Waals surface area contributed by atoms with Crippen molar-refractivity contribution in [2.24, 2.45) is 5.92 Å². The van der Waals surface area contributed by atoms with E-state index in [0.717, 1.165) is 11.1 Å². The largest absolute Gasteiger partial charge is 0.465 e. The maximum atomic E-state index is 12.8. The normalized spacial score (nSPS) is 19.3. The summed E-state index contributed by atoms with van der Waals surface area (Å²) < 4.78 is 5.10. The van der Waals surface area contributed by atoms with Crippen LogP contribution in [0.4, 0.5) is 5.69 Å². The van der Waals surface area contributed by atoms with Crippen molar-refractivity contribution in [2.75, 3.05) is 6.61 Å². The van der Waals surface area contributed by atoms with Crippen LogP contribution >= 0.6 is 0 Å². The van der Waals surface area contributed by atoms with Gasteiger partial charge in [0.15, 0.2) is 5.78 Å². The van der Waals surface area contributed by atoms with Gasteiger partial charge >= 0.3 is 5.97 Å². The zero-order chi connectivity index (χ0) is 19.4. The first-order chi connectivity index (χ1) is 13.0. The molecule has 6 heteroatoms. The molecule has 0 spiro atoms. The van der Waals surface area contributed by atoms with E-state index in [1.807, 2.05) is 30.3 Å². The first-order valence-electron chi connectivity index (χ1n) is 8.72. The monoisotopic (exact) mass is 365 g/mol. The summed E-state index contributed by atoms with van der Waals surface area (Å²) in [7, 11) is 0. The second kappa shape index (κ2) is 7.95. The Balaban J connectivity index is 2.05. The molecule has 0 fully saturated rings. The van der Waals surface area contributed by atoms with Gasteiger partial charge in [0.2, 0.25) is 0 Å². The molecular formula is C21H19NO5. The lowest BCUT2D eigenvalue weighted by atomic mass is 9.73. The summed E-state index contributed by atoms with van der Waals surface area (Å²) in [6, 6.07) is 15.5. The van der Waals surface area contributed by atoms with Crippen LogP contribution in [0.3, 0.4) is 0 Å². The van der Waals surface area contributed by atoms with Crippen molar-refractivity contribution in [3.05, 3.63) is 81.9 Å². The van der Waals surface area contributed by atoms with E-state index in [1.165, 1.54) is 18.2 Å². The molecule has 0 aliphatic heterocycles. The van der Waals surface area contributed by atoms with Gasteiger partial charge in [0.1, 0.15) is 5.92 Å². The highest BCUT2D eigenvalue weighted by molar-refractivity contribution is 6.10. The summed E-state index contributed by atoms with van der Waals surface area (Å²) >= 11 is 0. The molecule has 2 atom stereocenters. The molecule has 138 valence electrons. The number of carbonyl (C=O) groups excluding carboxylic acids is 2. The fourth-order valence-corrected chi connectivity index (χ4v) is 3.42. The number of carbonyl (C=O) groups is 2. The number of ether oxygens (including phenoxy) is 1. The Labute approximate surface area is 156 Å². The quantitative estimate of drug-likeness (QED) is 0.347. The zero-order valence-electron chi connectivity index (χ0n) is 14.8. The van der Waals surface area contributed by atoms with Gasteiger partial charge in [-0.05, 0) is 36.1 Å². The Morgan fingerprint density at radius 1 is 1.19 bits per heavy atom. The predicted molar refractivity (Wildman–Crippen MR) is 100 cm³/mol. The molecule has 0 amide bonds. The number of allylic oxidation sites excluding steroid dienone is 2. The van der Waals surface area contributed by atoms with Crippen molar-refractivity contribution in [1.29, 1.82) is 0 Å². The number of esters is 1.